The van der Waals surface area contributed by atoms with Gasteiger partial charge in [-0.25, -0.2) is 0 Å². The normalized spacial score (nSPS) is 45.9. The summed E-state index contributed by atoms with van der Waals surface area (Å²) in [6.45, 7) is 10.2. The summed E-state index contributed by atoms with van der Waals surface area (Å²) in [7, 11) is 0. The van der Waals surface area contributed by atoms with Crippen LogP contribution in [0.5, 0.6) is 0 Å². The van der Waals surface area contributed by atoms with Crippen LogP contribution in [-0.4, -0.2) is 28.1 Å². The van der Waals surface area contributed by atoms with E-state index in [4.69, 9.17) is 0 Å². The van der Waals surface area contributed by atoms with Crippen LogP contribution in [0.4, 0.5) is 13.2 Å². The SMILES string of the molecule is C[C@H](CC[C@@H](O)[C@@H](C)C(F)(F)F)C1CCC2C3CC=C4C[C@@](C)(O)CCC4(C)C3CCC21C. The summed E-state index contributed by atoms with van der Waals surface area (Å²) >= 11 is 0. The van der Waals surface area contributed by atoms with Gasteiger partial charge in [0.2, 0.25) is 0 Å². The number of aliphatic hydroxyl groups is 2. The molecule has 6 unspecified atom stereocenters. The molecule has 10 atom stereocenters. The molecule has 2 nitrogen and oxygen atoms in total. The molecule has 0 aliphatic heterocycles. The van der Waals surface area contributed by atoms with Gasteiger partial charge >= 0.3 is 6.18 Å². The average Bonchev–Trinajstić information content (AvgIpc) is 3.08. The van der Waals surface area contributed by atoms with E-state index >= 15 is 0 Å². The Morgan fingerprint density at radius 1 is 1.00 bits per heavy atom. The number of halogens is 3. The lowest BCUT2D eigenvalue weighted by molar-refractivity contribution is -0.195. The molecule has 2 N–H and O–H groups in total. The maximum absolute atomic E-state index is 13.0. The predicted octanol–water partition coefficient (Wildman–Crippen LogP) is 7.29. The summed E-state index contributed by atoms with van der Waals surface area (Å²) in [6.07, 6.45) is 6.43. The van der Waals surface area contributed by atoms with Crippen LogP contribution in [0.15, 0.2) is 11.6 Å². The van der Waals surface area contributed by atoms with E-state index in [9.17, 15) is 23.4 Å². The van der Waals surface area contributed by atoms with Gasteiger partial charge in [0, 0.05) is 0 Å². The van der Waals surface area contributed by atoms with Crippen molar-refractivity contribution < 1.29 is 23.4 Å². The fourth-order valence-electron chi connectivity index (χ4n) is 8.88. The average molecular weight is 471 g/mol. The van der Waals surface area contributed by atoms with Gasteiger partial charge in [-0.05, 0) is 112 Å². The van der Waals surface area contributed by atoms with Gasteiger partial charge in [-0.15, -0.1) is 0 Å². The van der Waals surface area contributed by atoms with E-state index in [1.165, 1.54) is 31.3 Å². The lowest BCUT2D eigenvalue weighted by Crippen LogP contribution is -2.52. The Bertz CT molecular complexity index is 759. The van der Waals surface area contributed by atoms with E-state index in [0.29, 0.717) is 36.0 Å². The first kappa shape index (κ1) is 25.5. The smallest absolute Gasteiger partial charge is 0.393 e. The van der Waals surface area contributed by atoms with Crippen molar-refractivity contribution >= 4 is 0 Å². The Morgan fingerprint density at radius 3 is 2.36 bits per heavy atom. The third kappa shape index (κ3) is 4.43. The molecule has 4 aliphatic rings. The van der Waals surface area contributed by atoms with E-state index in [0.717, 1.165) is 32.6 Å². The van der Waals surface area contributed by atoms with Crippen molar-refractivity contribution in [1.29, 1.82) is 0 Å². The molecule has 0 spiro atoms. The maximum atomic E-state index is 13.0. The van der Waals surface area contributed by atoms with E-state index in [1.54, 1.807) is 0 Å². The van der Waals surface area contributed by atoms with Gasteiger partial charge in [-0.3, -0.25) is 0 Å². The minimum absolute atomic E-state index is 0.216. The van der Waals surface area contributed by atoms with Gasteiger partial charge in [0.05, 0.1) is 17.6 Å². The van der Waals surface area contributed by atoms with Crippen LogP contribution >= 0.6 is 0 Å². The van der Waals surface area contributed by atoms with E-state index in [1.807, 2.05) is 6.92 Å². The van der Waals surface area contributed by atoms with Crippen LogP contribution in [0.1, 0.15) is 98.8 Å². The summed E-state index contributed by atoms with van der Waals surface area (Å²) in [5.74, 6) is 1.26. The lowest BCUT2D eigenvalue weighted by atomic mass is 9.46. The lowest BCUT2D eigenvalue weighted by Gasteiger charge is -2.59. The van der Waals surface area contributed by atoms with Crippen molar-refractivity contribution in [2.24, 2.45) is 46.3 Å². The highest BCUT2D eigenvalue weighted by atomic mass is 19.4. The minimum Gasteiger partial charge on any atom is -0.393 e. The van der Waals surface area contributed by atoms with Gasteiger partial charge in [-0.1, -0.05) is 39.3 Å². The molecule has 33 heavy (non-hydrogen) atoms. The van der Waals surface area contributed by atoms with Gasteiger partial charge in [0.15, 0.2) is 0 Å². The number of alkyl halides is 3. The zero-order valence-corrected chi connectivity index (χ0v) is 21.2. The van der Waals surface area contributed by atoms with Gasteiger partial charge in [0.25, 0.3) is 0 Å². The van der Waals surface area contributed by atoms with E-state index in [2.05, 4.69) is 26.8 Å². The van der Waals surface area contributed by atoms with Crippen molar-refractivity contribution in [3.8, 4) is 0 Å². The van der Waals surface area contributed by atoms with Gasteiger partial charge in [0.1, 0.15) is 0 Å². The number of rotatable bonds is 5. The second-order valence-corrected chi connectivity index (χ2v) is 13.1. The molecule has 0 aromatic rings. The first-order valence-corrected chi connectivity index (χ1v) is 13.4. The summed E-state index contributed by atoms with van der Waals surface area (Å²) in [5, 5.41) is 20.8. The molecule has 0 heterocycles. The molecule has 0 amide bonds. The fraction of sp³-hybridized carbons (Fsp3) is 0.929. The molecule has 4 rings (SSSR count). The van der Waals surface area contributed by atoms with Crippen molar-refractivity contribution in [2.75, 3.05) is 0 Å². The molecule has 5 heteroatoms. The molecular formula is C28H45F3O2. The highest BCUT2D eigenvalue weighted by molar-refractivity contribution is 5.26. The first-order chi connectivity index (χ1) is 15.2. The van der Waals surface area contributed by atoms with Crippen LogP contribution < -0.4 is 0 Å². The second-order valence-electron chi connectivity index (χ2n) is 13.1. The summed E-state index contributed by atoms with van der Waals surface area (Å²) in [6, 6.07) is 0. The Hall–Kier alpha value is -0.550. The molecule has 0 aromatic heterocycles. The Kier molecular flexibility index (Phi) is 6.61. The van der Waals surface area contributed by atoms with Gasteiger partial charge in [-0.2, -0.15) is 13.2 Å². The summed E-state index contributed by atoms with van der Waals surface area (Å²) in [4.78, 5) is 0. The number of hydrogen-bond acceptors (Lipinski definition) is 2. The standard InChI is InChI=1S/C28H45F3O2/c1-17(6-11-24(32)18(2)28(29,30)31)21-9-10-22-20-8-7-19-16-25(3,33)14-15-26(19,4)23(20)12-13-27(21,22)5/h7,17-18,20-24,32-33H,6,8-16H2,1-5H3/t17-,18-,20?,21?,22?,23?,24-,25+,26?,27?/m1/s1. The van der Waals surface area contributed by atoms with Crippen molar-refractivity contribution in [2.45, 2.75) is 117 Å². The monoisotopic (exact) mass is 470 g/mol. The van der Waals surface area contributed by atoms with Crippen LogP contribution in [-0.2, 0) is 0 Å². The largest absolute Gasteiger partial charge is 0.394 e. The molecule has 4 aliphatic carbocycles. The highest BCUT2D eigenvalue weighted by Crippen LogP contribution is 2.67. The quantitative estimate of drug-likeness (QED) is 0.414. The number of fused-ring (bicyclic) bond motifs is 5. The third-order valence-electron chi connectivity index (χ3n) is 11.2. The van der Waals surface area contributed by atoms with Crippen molar-refractivity contribution in [3.05, 3.63) is 11.6 Å². The number of aliphatic hydroxyl groups excluding tert-OH is 1. The minimum atomic E-state index is -4.33. The van der Waals surface area contributed by atoms with Crippen LogP contribution in [0.3, 0.4) is 0 Å². The van der Waals surface area contributed by atoms with E-state index in [-0.39, 0.29) is 17.3 Å². The number of hydrogen-bond donors (Lipinski definition) is 2. The second kappa shape index (κ2) is 8.54. The molecule has 0 bridgehead atoms. The summed E-state index contributed by atoms with van der Waals surface area (Å²) in [5.41, 5.74) is 1.39. The maximum Gasteiger partial charge on any atom is 0.394 e. The Labute approximate surface area is 198 Å². The zero-order chi connectivity index (χ0) is 24.4. The van der Waals surface area contributed by atoms with Crippen molar-refractivity contribution in [3.63, 3.8) is 0 Å². The first-order valence-electron chi connectivity index (χ1n) is 13.4. The number of allylic oxidation sites excluding steroid dienone is 1. The molecule has 0 radical (unpaired) electrons. The topological polar surface area (TPSA) is 40.5 Å². The van der Waals surface area contributed by atoms with Crippen LogP contribution in [0, 0.1) is 46.3 Å². The van der Waals surface area contributed by atoms with E-state index < -0.39 is 23.8 Å². The summed E-state index contributed by atoms with van der Waals surface area (Å²) < 4.78 is 38.9. The molecule has 3 fully saturated rings. The Morgan fingerprint density at radius 2 is 1.70 bits per heavy atom. The molecule has 190 valence electrons. The van der Waals surface area contributed by atoms with Crippen LogP contribution in [0.25, 0.3) is 0 Å². The zero-order valence-electron chi connectivity index (χ0n) is 21.2. The fourth-order valence-corrected chi connectivity index (χ4v) is 8.88. The van der Waals surface area contributed by atoms with Crippen LogP contribution in [0.2, 0.25) is 0 Å². The predicted molar refractivity (Wildman–Crippen MR) is 125 cm³/mol. The molecule has 0 saturated heterocycles. The van der Waals surface area contributed by atoms with Gasteiger partial charge < -0.3 is 10.2 Å². The highest BCUT2D eigenvalue weighted by Gasteiger charge is 2.59. The third-order valence-corrected chi connectivity index (χ3v) is 11.2. The molecule has 0 aromatic carbocycles. The Balaban J connectivity index is 1.45. The molecule has 3 saturated carbocycles. The molecular weight excluding hydrogens is 425 g/mol. The van der Waals surface area contributed by atoms with Crippen molar-refractivity contribution in [1.82, 2.24) is 0 Å².